The van der Waals surface area contributed by atoms with Crippen molar-refractivity contribution in [1.82, 2.24) is 20.2 Å². The lowest BCUT2D eigenvalue weighted by molar-refractivity contribution is 0.0940. The van der Waals surface area contributed by atoms with Gasteiger partial charge in [0, 0.05) is 31.1 Å². The average Bonchev–Trinajstić information content (AvgIpc) is 3.35. The molecule has 148 valence electrons. The van der Waals surface area contributed by atoms with Crippen LogP contribution in [-0.2, 0) is 0 Å². The van der Waals surface area contributed by atoms with E-state index in [2.05, 4.69) is 45.1 Å². The van der Waals surface area contributed by atoms with Crippen molar-refractivity contribution in [3.63, 3.8) is 0 Å². The smallest absolute Gasteiger partial charge is 0.262 e. The van der Waals surface area contributed by atoms with E-state index >= 15 is 0 Å². The molecule has 0 aliphatic carbocycles. The highest BCUT2D eigenvalue weighted by molar-refractivity contribution is 7.20. The van der Waals surface area contributed by atoms with E-state index in [1.54, 1.807) is 17.7 Å². The molecule has 3 aromatic heterocycles. The minimum Gasteiger partial charge on any atom is -0.353 e. The third-order valence-corrected chi connectivity index (χ3v) is 7.50. The van der Waals surface area contributed by atoms with Crippen molar-refractivity contribution >= 4 is 44.6 Å². The first-order valence-electron chi connectivity index (χ1n) is 9.60. The molecule has 1 fully saturated rings. The number of carbonyl (C=O) groups is 1. The number of nitrogens with zero attached hydrogens (tertiary/aromatic N) is 4. The first kappa shape index (κ1) is 19.3. The van der Waals surface area contributed by atoms with E-state index in [1.165, 1.54) is 16.2 Å². The second kappa shape index (κ2) is 8.14. The topological polar surface area (TPSA) is 61.4 Å². The summed E-state index contributed by atoms with van der Waals surface area (Å²) in [5.74, 6) is 0.932. The highest BCUT2D eigenvalue weighted by atomic mass is 32.1. The van der Waals surface area contributed by atoms with Crippen LogP contribution in [0.1, 0.15) is 39.5 Å². The number of aryl methyl sites for hydroxylation is 1. The number of nitrogens with one attached hydrogen (secondary N) is 1. The minimum atomic E-state index is -0.0231. The van der Waals surface area contributed by atoms with Crippen molar-refractivity contribution < 1.29 is 4.79 Å². The third-order valence-electron chi connectivity index (χ3n) is 5.32. The molecule has 6 nitrogen and oxygen atoms in total. The van der Waals surface area contributed by atoms with Gasteiger partial charge in [0.05, 0.1) is 16.3 Å². The standard InChI is InChI=1S/C20H25N5OS2/c1-4-14(15-6-5-11-27-15)23-19(26)17-13(2)16-18(21-12-22-20(16)28-17)25-9-7-24(3)8-10-25/h5-6,11-12,14H,4,7-10H2,1-3H3,(H,23,26)/t14-/m1/s1. The Morgan fingerprint density at radius 2 is 2.07 bits per heavy atom. The van der Waals surface area contributed by atoms with Crippen molar-refractivity contribution in [2.45, 2.75) is 26.3 Å². The predicted octanol–water partition coefficient (Wildman–Crippen LogP) is 3.69. The van der Waals surface area contributed by atoms with Crippen molar-refractivity contribution in [3.05, 3.63) is 39.2 Å². The number of hydrogen-bond acceptors (Lipinski definition) is 7. The normalized spacial score (nSPS) is 16.5. The highest BCUT2D eigenvalue weighted by Gasteiger charge is 2.25. The molecular weight excluding hydrogens is 390 g/mol. The molecule has 0 saturated carbocycles. The zero-order chi connectivity index (χ0) is 19.7. The number of anilines is 1. The second-order valence-corrected chi connectivity index (χ2v) is 9.15. The summed E-state index contributed by atoms with van der Waals surface area (Å²) < 4.78 is 0. The number of thiophene rings is 2. The van der Waals surface area contributed by atoms with Crippen LogP contribution in [0, 0.1) is 6.92 Å². The molecule has 3 aromatic rings. The number of fused-ring (bicyclic) bond motifs is 1. The van der Waals surface area contributed by atoms with Gasteiger partial charge in [-0.1, -0.05) is 13.0 Å². The molecule has 0 spiro atoms. The van der Waals surface area contributed by atoms with Gasteiger partial charge < -0.3 is 15.1 Å². The zero-order valence-electron chi connectivity index (χ0n) is 16.4. The molecule has 28 heavy (non-hydrogen) atoms. The lowest BCUT2D eigenvalue weighted by atomic mass is 10.1. The van der Waals surface area contributed by atoms with Gasteiger partial charge in [0.15, 0.2) is 0 Å². The Kier molecular flexibility index (Phi) is 5.61. The first-order chi connectivity index (χ1) is 13.6. The van der Waals surface area contributed by atoms with Gasteiger partial charge in [0.1, 0.15) is 17.0 Å². The number of piperazine rings is 1. The van der Waals surface area contributed by atoms with Gasteiger partial charge in [-0.2, -0.15) is 0 Å². The number of amides is 1. The summed E-state index contributed by atoms with van der Waals surface area (Å²) in [5, 5.41) is 6.27. The van der Waals surface area contributed by atoms with Gasteiger partial charge in [-0.15, -0.1) is 22.7 Å². The molecule has 4 rings (SSSR count). The Labute approximate surface area is 173 Å². The summed E-state index contributed by atoms with van der Waals surface area (Å²) in [7, 11) is 2.14. The van der Waals surface area contributed by atoms with Crippen LogP contribution in [0.5, 0.6) is 0 Å². The maximum Gasteiger partial charge on any atom is 0.262 e. The van der Waals surface area contributed by atoms with Crippen LogP contribution in [0.15, 0.2) is 23.8 Å². The molecule has 1 atom stereocenters. The Bertz CT molecular complexity index is 961. The fourth-order valence-electron chi connectivity index (χ4n) is 3.62. The lowest BCUT2D eigenvalue weighted by Crippen LogP contribution is -2.44. The van der Waals surface area contributed by atoms with Crippen LogP contribution in [-0.4, -0.2) is 54.0 Å². The monoisotopic (exact) mass is 415 g/mol. The molecular formula is C20H25N5OS2. The molecule has 1 aliphatic heterocycles. The summed E-state index contributed by atoms with van der Waals surface area (Å²) in [6.45, 7) is 8.02. The lowest BCUT2D eigenvalue weighted by Gasteiger charge is -2.33. The van der Waals surface area contributed by atoms with E-state index in [1.807, 2.05) is 18.4 Å². The number of aromatic nitrogens is 2. The minimum absolute atomic E-state index is 0.0231. The van der Waals surface area contributed by atoms with E-state index in [9.17, 15) is 4.79 Å². The van der Waals surface area contributed by atoms with Crippen LogP contribution in [0.3, 0.4) is 0 Å². The van der Waals surface area contributed by atoms with E-state index in [0.717, 1.165) is 59.1 Å². The quantitative estimate of drug-likeness (QED) is 0.689. The van der Waals surface area contributed by atoms with E-state index in [0.29, 0.717) is 0 Å². The second-order valence-electron chi connectivity index (χ2n) is 7.17. The summed E-state index contributed by atoms with van der Waals surface area (Å²) in [4.78, 5) is 29.5. The van der Waals surface area contributed by atoms with Crippen LogP contribution in [0.4, 0.5) is 5.82 Å². The van der Waals surface area contributed by atoms with Gasteiger partial charge in [0.25, 0.3) is 5.91 Å². The molecule has 1 amide bonds. The average molecular weight is 416 g/mol. The SMILES string of the molecule is CC[C@@H](NC(=O)c1sc2ncnc(N3CCN(C)CC3)c2c1C)c1cccs1. The highest BCUT2D eigenvalue weighted by Crippen LogP contribution is 2.35. The molecule has 8 heteroatoms. The maximum absolute atomic E-state index is 13.1. The fourth-order valence-corrected chi connectivity index (χ4v) is 5.52. The molecule has 0 radical (unpaired) electrons. The van der Waals surface area contributed by atoms with Crippen LogP contribution in [0.25, 0.3) is 10.2 Å². The summed E-state index contributed by atoms with van der Waals surface area (Å²) in [5.41, 5.74) is 0.980. The first-order valence-corrected chi connectivity index (χ1v) is 11.3. The van der Waals surface area contributed by atoms with Gasteiger partial charge in [-0.05, 0) is 37.4 Å². The number of hydrogen-bond donors (Lipinski definition) is 1. The molecule has 1 saturated heterocycles. The van der Waals surface area contributed by atoms with Gasteiger partial charge in [-0.25, -0.2) is 9.97 Å². The molecule has 4 heterocycles. The maximum atomic E-state index is 13.1. The molecule has 1 N–H and O–H groups in total. The third kappa shape index (κ3) is 3.64. The number of rotatable bonds is 5. The van der Waals surface area contributed by atoms with Crippen LogP contribution in [0.2, 0.25) is 0 Å². The summed E-state index contributed by atoms with van der Waals surface area (Å²) >= 11 is 3.14. The molecule has 1 aliphatic rings. The summed E-state index contributed by atoms with van der Waals surface area (Å²) in [6, 6.07) is 4.14. The molecule has 0 aromatic carbocycles. The van der Waals surface area contributed by atoms with Crippen LogP contribution >= 0.6 is 22.7 Å². The molecule has 0 bridgehead atoms. The summed E-state index contributed by atoms with van der Waals surface area (Å²) in [6.07, 6.45) is 2.48. The van der Waals surface area contributed by atoms with E-state index in [4.69, 9.17) is 0 Å². The largest absolute Gasteiger partial charge is 0.353 e. The van der Waals surface area contributed by atoms with Crippen LogP contribution < -0.4 is 10.2 Å². The Hall–Kier alpha value is -2.03. The number of carbonyl (C=O) groups excluding carboxylic acids is 1. The fraction of sp³-hybridized carbons (Fsp3) is 0.450. The zero-order valence-corrected chi connectivity index (χ0v) is 18.1. The van der Waals surface area contributed by atoms with E-state index in [-0.39, 0.29) is 11.9 Å². The Morgan fingerprint density at radius 3 is 2.75 bits per heavy atom. The van der Waals surface area contributed by atoms with E-state index < -0.39 is 0 Å². The number of likely N-dealkylation sites (N-methyl/N-ethyl adjacent to an activating group) is 1. The molecule has 0 unspecified atom stereocenters. The Morgan fingerprint density at radius 1 is 1.29 bits per heavy atom. The Balaban J connectivity index is 1.64. The van der Waals surface area contributed by atoms with Crippen molar-refractivity contribution in [2.24, 2.45) is 0 Å². The van der Waals surface area contributed by atoms with Crippen molar-refractivity contribution in [2.75, 3.05) is 38.1 Å². The van der Waals surface area contributed by atoms with Gasteiger partial charge in [0.2, 0.25) is 0 Å². The van der Waals surface area contributed by atoms with Gasteiger partial charge >= 0.3 is 0 Å². The van der Waals surface area contributed by atoms with Crippen molar-refractivity contribution in [3.8, 4) is 0 Å². The predicted molar refractivity (Wildman–Crippen MR) is 117 cm³/mol. The van der Waals surface area contributed by atoms with Gasteiger partial charge in [-0.3, -0.25) is 4.79 Å². The van der Waals surface area contributed by atoms with Crippen molar-refractivity contribution in [1.29, 1.82) is 0 Å².